The molecule has 29 heavy (non-hydrogen) atoms. The molecule has 2 aromatic carbocycles. The average Bonchev–Trinajstić information content (AvgIpc) is 2.70. The van der Waals surface area contributed by atoms with Gasteiger partial charge in [0.1, 0.15) is 16.5 Å². The van der Waals surface area contributed by atoms with E-state index in [0.717, 1.165) is 32.5 Å². The van der Waals surface area contributed by atoms with E-state index in [1.807, 2.05) is 32.0 Å². The van der Waals surface area contributed by atoms with Crippen LogP contribution in [-0.2, 0) is 14.8 Å². The highest BCUT2D eigenvalue weighted by molar-refractivity contribution is 8.00. The molecule has 0 aromatic heterocycles. The molecule has 0 N–H and O–H groups in total. The van der Waals surface area contributed by atoms with Gasteiger partial charge in [-0.05, 0) is 43.7 Å². The van der Waals surface area contributed by atoms with Gasteiger partial charge < -0.3 is 4.90 Å². The second kappa shape index (κ2) is 8.81. The summed E-state index contributed by atoms with van der Waals surface area (Å²) in [6, 6.07) is 8.42. The molecule has 0 saturated carbocycles. The number of thioether (sulfide) groups is 1. The van der Waals surface area contributed by atoms with Crippen LogP contribution in [0.3, 0.4) is 0 Å². The fourth-order valence-electron chi connectivity index (χ4n) is 3.09. The molecule has 9 heteroatoms. The summed E-state index contributed by atoms with van der Waals surface area (Å²) in [4.78, 5) is 14.5. The third-order valence-electron chi connectivity index (χ3n) is 4.80. The molecule has 0 aliphatic carbocycles. The van der Waals surface area contributed by atoms with Crippen molar-refractivity contribution in [2.45, 2.75) is 23.6 Å². The minimum absolute atomic E-state index is 0.0398. The van der Waals surface area contributed by atoms with E-state index in [2.05, 4.69) is 0 Å². The number of carbonyl (C=O) groups excluding carboxylic acids is 1. The summed E-state index contributed by atoms with van der Waals surface area (Å²) in [5.74, 6) is -1.63. The van der Waals surface area contributed by atoms with Gasteiger partial charge in [-0.3, -0.25) is 4.79 Å². The normalized spacial score (nSPS) is 15.5. The number of hydrogen-bond donors (Lipinski definition) is 0. The third kappa shape index (κ3) is 4.96. The third-order valence-corrected chi connectivity index (χ3v) is 7.85. The summed E-state index contributed by atoms with van der Waals surface area (Å²) in [7, 11) is -4.15. The van der Waals surface area contributed by atoms with Crippen LogP contribution in [0.5, 0.6) is 0 Å². The SMILES string of the molecule is Cc1ccc(C)c(SCC(=O)N2CCN(S(=O)(=O)c3cc(F)ccc3F)CC2)c1. The summed E-state index contributed by atoms with van der Waals surface area (Å²) in [5.41, 5.74) is 2.22. The molecule has 1 saturated heterocycles. The highest BCUT2D eigenvalue weighted by Gasteiger charge is 2.32. The Hall–Kier alpha value is -1.97. The summed E-state index contributed by atoms with van der Waals surface area (Å²) < 4.78 is 53.6. The first-order chi connectivity index (χ1) is 13.7. The van der Waals surface area contributed by atoms with E-state index in [9.17, 15) is 22.0 Å². The van der Waals surface area contributed by atoms with Crippen LogP contribution in [0.2, 0.25) is 0 Å². The number of carbonyl (C=O) groups is 1. The molecular formula is C20H22F2N2O3S2. The maximum atomic E-state index is 13.9. The Balaban J connectivity index is 1.60. The molecule has 0 radical (unpaired) electrons. The lowest BCUT2D eigenvalue weighted by molar-refractivity contribution is -0.129. The molecule has 0 spiro atoms. The Kier molecular flexibility index (Phi) is 6.60. The van der Waals surface area contributed by atoms with Gasteiger partial charge in [0.05, 0.1) is 5.75 Å². The highest BCUT2D eigenvalue weighted by Crippen LogP contribution is 2.25. The van der Waals surface area contributed by atoms with E-state index in [-0.39, 0.29) is 37.8 Å². The van der Waals surface area contributed by atoms with Crippen molar-refractivity contribution in [1.82, 2.24) is 9.21 Å². The molecule has 1 fully saturated rings. The van der Waals surface area contributed by atoms with Gasteiger partial charge in [0.2, 0.25) is 15.9 Å². The van der Waals surface area contributed by atoms with Crippen molar-refractivity contribution in [2.24, 2.45) is 0 Å². The van der Waals surface area contributed by atoms with Gasteiger partial charge in [0.15, 0.2) is 0 Å². The minimum atomic E-state index is -4.15. The second-order valence-electron chi connectivity index (χ2n) is 6.92. The zero-order valence-corrected chi connectivity index (χ0v) is 17.8. The predicted octanol–water partition coefficient (Wildman–Crippen LogP) is 3.21. The molecule has 3 rings (SSSR count). The van der Waals surface area contributed by atoms with Gasteiger partial charge in [0.25, 0.3) is 0 Å². The molecule has 2 aromatic rings. The molecule has 1 amide bonds. The number of halogens is 2. The maximum absolute atomic E-state index is 13.9. The largest absolute Gasteiger partial charge is 0.339 e. The summed E-state index contributed by atoms with van der Waals surface area (Å²) in [5, 5.41) is 0. The molecule has 0 atom stereocenters. The maximum Gasteiger partial charge on any atom is 0.246 e. The van der Waals surface area contributed by atoms with Crippen LogP contribution in [-0.4, -0.2) is 55.5 Å². The van der Waals surface area contributed by atoms with Gasteiger partial charge in [0, 0.05) is 31.1 Å². The Morgan fingerprint density at radius 3 is 2.41 bits per heavy atom. The number of aryl methyl sites for hydroxylation is 2. The molecule has 156 valence electrons. The van der Waals surface area contributed by atoms with E-state index in [4.69, 9.17) is 0 Å². The summed E-state index contributed by atoms with van der Waals surface area (Å²) in [6.45, 7) is 4.48. The number of benzene rings is 2. The summed E-state index contributed by atoms with van der Waals surface area (Å²) >= 11 is 1.46. The zero-order chi connectivity index (χ0) is 21.2. The number of rotatable bonds is 5. The Labute approximate surface area is 173 Å². The van der Waals surface area contributed by atoms with Crippen molar-refractivity contribution in [3.63, 3.8) is 0 Å². The fraction of sp³-hybridized carbons (Fsp3) is 0.350. The number of piperazine rings is 1. The number of sulfonamides is 1. The van der Waals surface area contributed by atoms with Crippen molar-refractivity contribution < 1.29 is 22.0 Å². The minimum Gasteiger partial charge on any atom is -0.339 e. The van der Waals surface area contributed by atoms with E-state index < -0.39 is 26.6 Å². The summed E-state index contributed by atoms with van der Waals surface area (Å²) in [6.07, 6.45) is 0. The van der Waals surface area contributed by atoms with Crippen LogP contribution in [0.15, 0.2) is 46.2 Å². The van der Waals surface area contributed by atoms with Gasteiger partial charge in [-0.25, -0.2) is 17.2 Å². The number of nitrogens with zero attached hydrogens (tertiary/aromatic N) is 2. The van der Waals surface area contributed by atoms with E-state index >= 15 is 0 Å². The van der Waals surface area contributed by atoms with E-state index in [1.54, 1.807) is 4.90 Å². The Morgan fingerprint density at radius 1 is 1.03 bits per heavy atom. The Bertz CT molecular complexity index is 1020. The second-order valence-corrected chi connectivity index (χ2v) is 9.84. The van der Waals surface area contributed by atoms with Crippen molar-refractivity contribution in [2.75, 3.05) is 31.9 Å². The lowest BCUT2D eigenvalue weighted by atomic mass is 10.2. The first kappa shape index (κ1) is 21.7. The topological polar surface area (TPSA) is 57.7 Å². The van der Waals surface area contributed by atoms with Crippen LogP contribution in [0.25, 0.3) is 0 Å². The monoisotopic (exact) mass is 440 g/mol. The lowest BCUT2D eigenvalue weighted by Gasteiger charge is -2.34. The van der Waals surface area contributed by atoms with Crippen molar-refractivity contribution in [3.05, 3.63) is 59.2 Å². The molecule has 5 nitrogen and oxygen atoms in total. The van der Waals surface area contributed by atoms with E-state index in [0.29, 0.717) is 6.07 Å². The Morgan fingerprint density at radius 2 is 1.72 bits per heavy atom. The van der Waals surface area contributed by atoms with Crippen LogP contribution in [0.1, 0.15) is 11.1 Å². The van der Waals surface area contributed by atoms with Crippen LogP contribution in [0, 0.1) is 25.5 Å². The molecule has 0 unspecified atom stereocenters. The van der Waals surface area contributed by atoms with Gasteiger partial charge in [-0.1, -0.05) is 17.7 Å². The smallest absolute Gasteiger partial charge is 0.246 e. The standard InChI is InChI=1S/C20H22F2N2O3S2/c1-14-3-4-15(2)18(11-14)28-13-20(25)23-7-9-24(10-8-23)29(26,27)19-12-16(21)5-6-17(19)22/h3-6,11-12H,7-10,13H2,1-2H3. The number of amides is 1. The fourth-order valence-corrected chi connectivity index (χ4v) is 5.61. The van der Waals surface area contributed by atoms with Crippen LogP contribution < -0.4 is 0 Å². The highest BCUT2D eigenvalue weighted by atomic mass is 32.2. The molecule has 1 aliphatic rings. The zero-order valence-electron chi connectivity index (χ0n) is 16.2. The molecule has 1 aliphatic heterocycles. The average molecular weight is 441 g/mol. The lowest BCUT2D eigenvalue weighted by Crippen LogP contribution is -2.51. The van der Waals surface area contributed by atoms with Crippen molar-refractivity contribution >= 4 is 27.7 Å². The molecular weight excluding hydrogens is 418 g/mol. The van der Waals surface area contributed by atoms with Crippen molar-refractivity contribution in [1.29, 1.82) is 0 Å². The van der Waals surface area contributed by atoms with Gasteiger partial charge in [-0.2, -0.15) is 4.31 Å². The molecule has 0 bridgehead atoms. The molecule has 1 heterocycles. The predicted molar refractivity (Wildman–Crippen MR) is 108 cm³/mol. The first-order valence-electron chi connectivity index (χ1n) is 9.11. The van der Waals surface area contributed by atoms with Crippen molar-refractivity contribution in [3.8, 4) is 0 Å². The quantitative estimate of drug-likeness (QED) is 0.670. The van der Waals surface area contributed by atoms with E-state index in [1.165, 1.54) is 11.8 Å². The van der Waals surface area contributed by atoms with Gasteiger partial charge >= 0.3 is 0 Å². The first-order valence-corrected chi connectivity index (χ1v) is 11.5. The van der Waals surface area contributed by atoms with Gasteiger partial charge in [-0.15, -0.1) is 11.8 Å². The van der Waals surface area contributed by atoms with Crippen LogP contribution in [0.4, 0.5) is 8.78 Å². The number of hydrogen-bond acceptors (Lipinski definition) is 4. The van der Waals surface area contributed by atoms with Crippen LogP contribution >= 0.6 is 11.8 Å².